The van der Waals surface area contributed by atoms with Crippen LogP contribution < -0.4 is 10.2 Å². The molecule has 1 aliphatic carbocycles. The molecule has 1 unspecified atom stereocenters. The van der Waals surface area contributed by atoms with Crippen molar-refractivity contribution in [3.63, 3.8) is 0 Å². The minimum atomic E-state index is -0.250. The first-order valence-corrected chi connectivity index (χ1v) is 8.04. The number of benzene rings is 1. The van der Waals surface area contributed by atoms with Gasteiger partial charge in [-0.2, -0.15) is 0 Å². The summed E-state index contributed by atoms with van der Waals surface area (Å²) in [7, 11) is 0. The van der Waals surface area contributed by atoms with E-state index in [9.17, 15) is 4.39 Å². The Morgan fingerprint density at radius 2 is 1.95 bits per heavy atom. The third-order valence-corrected chi connectivity index (χ3v) is 4.85. The highest BCUT2D eigenvalue weighted by molar-refractivity contribution is 6.30. The predicted octanol–water partition coefficient (Wildman–Crippen LogP) is 3.84. The molecule has 0 bridgehead atoms. The maximum Gasteiger partial charge on any atom is 0.126 e. The van der Waals surface area contributed by atoms with Crippen LogP contribution in [0.5, 0.6) is 0 Å². The summed E-state index contributed by atoms with van der Waals surface area (Å²) in [5, 5.41) is 4.13. The summed E-state index contributed by atoms with van der Waals surface area (Å²) in [5.41, 5.74) is 0.914. The maximum atomic E-state index is 13.5. The Balaban J connectivity index is 1.70. The Hall–Kier alpha value is -0.800. The van der Waals surface area contributed by atoms with Crippen LogP contribution in [0.25, 0.3) is 0 Å². The molecule has 2 aliphatic rings. The van der Waals surface area contributed by atoms with E-state index < -0.39 is 0 Å². The standard InChI is InChI=1S/C16H22ClFN2/c17-13-8-14(18)10-15(9-13)20-7-6-19-16(11-20)12-4-2-1-3-5-12/h8-10,12,16,19H,1-7,11H2. The van der Waals surface area contributed by atoms with E-state index in [-0.39, 0.29) is 5.82 Å². The van der Waals surface area contributed by atoms with Crippen LogP contribution >= 0.6 is 11.6 Å². The summed E-state index contributed by atoms with van der Waals surface area (Å²) in [5.74, 6) is 0.524. The second-order valence-corrected chi connectivity index (χ2v) is 6.47. The molecule has 1 saturated heterocycles. The maximum absolute atomic E-state index is 13.5. The molecule has 1 atom stereocenters. The summed E-state index contributed by atoms with van der Waals surface area (Å²) in [6.07, 6.45) is 6.75. The quantitative estimate of drug-likeness (QED) is 0.892. The number of anilines is 1. The van der Waals surface area contributed by atoms with E-state index in [0.717, 1.165) is 31.2 Å². The highest BCUT2D eigenvalue weighted by Crippen LogP contribution is 2.29. The van der Waals surface area contributed by atoms with E-state index in [4.69, 9.17) is 11.6 Å². The Kier molecular flexibility index (Phi) is 4.47. The minimum absolute atomic E-state index is 0.250. The van der Waals surface area contributed by atoms with E-state index in [1.165, 1.54) is 38.2 Å². The molecule has 1 aromatic carbocycles. The number of halogens is 2. The van der Waals surface area contributed by atoms with Crippen molar-refractivity contribution in [2.24, 2.45) is 5.92 Å². The Morgan fingerprint density at radius 1 is 1.15 bits per heavy atom. The van der Waals surface area contributed by atoms with E-state index in [1.807, 2.05) is 6.07 Å². The van der Waals surface area contributed by atoms with Gasteiger partial charge in [-0.05, 0) is 37.0 Å². The lowest BCUT2D eigenvalue weighted by atomic mass is 9.83. The molecule has 1 saturated carbocycles. The molecule has 0 radical (unpaired) electrons. The fourth-order valence-electron chi connectivity index (χ4n) is 3.59. The lowest BCUT2D eigenvalue weighted by molar-refractivity contribution is 0.257. The zero-order valence-electron chi connectivity index (χ0n) is 11.7. The summed E-state index contributed by atoms with van der Waals surface area (Å²) >= 11 is 5.97. The molecule has 2 fully saturated rings. The monoisotopic (exact) mass is 296 g/mol. The molecule has 1 heterocycles. The van der Waals surface area contributed by atoms with Crippen LogP contribution in [0.4, 0.5) is 10.1 Å². The Morgan fingerprint density at radius 3 is 2.70 bits per heavy atom. The first-order chi connectivity index (χ1) is 9.72. The Labute approximate surface area is 125 Å². The molecule has 2 nitrogen and oxygen atoms in total. The molecule has 1 aliphatic heterocycles. The molecule has 110 valence electrons. The van der Waals surface area contributed by atoms with Crippen molar-refractivity contribution in [1.29, 1.82) is 0 Å². The number of hydrogen-bond acceptors (Lipinski definition) is 2. The average Bonchev–Trinajstić information content (AvgIpc) is 2.47. The first-order valence-electron chi connectivity index (χ1n) is 7.67. The van der Waals surface area contributed by atoms with Crippen molar-refractivity contribution in [2.75, 3.05) is 24.5 Å². The van der Waals surface area contributed by atoms with Crippen LogP contribution in [0.2, 0.25) is 5.02 Å². The molecule has 20 heavy (non-hydrogen) atoms. The van der Waals surface area contributed by atoms with Gasteiger partial charge in [0.05, 0.1) is 0 Å². The Bertz CT molecular complexity index is 440. The number of rotatable bonds is 2. The van der Waals surface area contributed by atoms with Crippen molar-refractivity contribution in [3.05, 3.63) is 29.0 Å². The molecule has 3 rings (SSSR count). The van der Waals surface area contributed by atoms with Gasteiger partial charge in [-0.3, -0.25) is 0 Å². The van der Waals surface area contributed by atoms with Gasteiger partial charge in [0.25, 0.3) is 0 Å². The van der Waals surface area contributed by atoms with Gasteiger partial charge in [0.15, 0.2) is 0 Å². The van der Waals surface area contributed by atoms with E-state index in [1.54, 1.807) is 6.07 Å². The van der Waals surface area contributed by atoms with Crippen molar-refractivity contribution in [3.8, 4) is 0 Å². The van der Waals surface area contributed by atoms with Crippen LogP contribution in [-0.4, -0.2) is 25.7 Å². The third kappa shape index (κ3) is 3.26. The molecular weight excluding hydrogens is 275 g/mol. The summed E-state index contributed by atoms with van der Waals surface area (Å²) < 4.78 is 13.5. The highest BCUT2D eigenvalue weighted by atomic mass is 35.5. The van der Waals surface area contributed by atoms with Crippen LogP contribution in [-0.2, 0) is 0 Å². The molecule has 1 aromatic rings. The van der Waals surface area contributed by atoms with E-state index in [2.05, 4.69) is 10.2 Å². The van der Waals surface area contributed by atoms with Crippen molar-refractivity contribution in [1.82, 2.24) is 5.32 Å². The summed E-state index contributed by atoms with van der Waals surface area (Å²) in [6, 6.07) is 5.36. The van der Waals surface area contributed by atoms with Crippen molar-refractivity contribution < 1.29 is 4.39 Å². The first kappa shape index (κ1) is 14.2. The smallest absolute Gasteiger partial charge is 0.126 e. The predicted molar refractivity (Wildman–Crippen MR) is 82.0 cm³/mol. The van der Waals surface area contributed by atoms with Gasteiger partial charge < -0.3 is 10.2 Å². The highest BCUT2D eigenvalue weighted by Gasteiger charge is 2.28. The van der Waals surface area contributed by atoms with Gasteiger partial charge in [0, 0.05) is 36.4 Å². The SMILES string of the molecule is Fc1cc(Cl)cc(N2CCNC(C3CCCCC3)C2)c1. The van der Waals surface area contributed by atoms with Gasteiger partial charge in [0.1, 0.15) is 5.82 Å². The number of piperazine rings is 1. The minimum Gasteiger partial charge on any atom is -0.369 e. The average molecular weight is 297 g/mol. The second-order valence-electron chi connectivity index (χ2n) is 6.03. The van der Waals surface area contributed by atoms with E-state index in [0.29, 0.717) is 11.1 Å². The number of nitrogens with zero attached hydrogens (tertiary/aromatic N) is 1. The zero-order valence-corrected chi connectivity index (χ0v) is 12.5. The number of nitrogens with one attached hydrogen (secondary N) is 1. The van der Waals surface area contributed by atoms with Crippen LogP contribution in [0, 0.1) is 11.7 Å². The molecule has 4 heteroatoms. The van der Waals surface area contributed by atoms with Crippen LogP contribution in [0.15, 0.2) is 18.2 Å². The normalized spacial score (nSPS) is 24.9. The molecule has 0 amide bonds. The van der Waals surface area contributed by atoms with Gasteiger partial charge in [-0.15, -0.1) is 0 Å². The van der Waals surface area contributed by atoms with Gasteiger partial charge in [-0.25, -0.2) is 4.39 Å². The molecule has 0 spiro atoms. The lowest BCUT2D eigenvalue weighted by Crippen LogP contribution is -2.54. The largest absolute Gasteiger partial charge is 0.369 e. The second kappa shape index (κ2) is 6.31. The fraction of sp³-hybridized carbons (Fsp3) is 0.625. The lowest BCUT2D eigenvalue weighted by Gasteiger charge is -2.40. The van der Waals surface area contributed by atoms with Crippen molar-refractivity contribution in [2.45, 2.75) is 38.1 Å². The molecule has 0 aromatic heterocycles. The summed E-state index contributed by atoms with van der Waals surface area (Å²) in [6.45, 7) is 2.85. The van der Waals surface area contributed by atoms with Gasteiger partial charge in [-0.1, -0.05) is 30.9 Å². The van der Waals surface area contributed by atoms with Gasteiger partial charge >= 0.3 is 0 Å². The fourth-order valence-corrected chi connectivity index (χ4v) is 3.80. The van der Waals surface area contributed by atoms with E-state index >= 15 is 0 Å². The zero-order chi connectivity index (χ0) is 13.9. The third-order valence-electron chi connectivity index (χ3n) is 4.64. The number of hydrogen-bond donors (Lipinski definition) is 1. The molecular formula is C16H22ClFN2. The topological polar surface area (TPSA) is 15.3 Å². The van der Waals surface area contributed by atoms with Crippen LogP contribution in [0.3, 0.4) is 0 Å². The van der Waals surface area contributed by atoms with Crippen molar-refractivity contribution >= 4 is 17.3 Å². The molecule has 1 N–H and O–H groups in total. The van der Waals surface area contributed by atoms with Gasteiger partial charge in [0.2, 0.25) is 0 Å². The van der Waals surface area contributed by atoms with Crippen LogP contribution in [0.1, 0.15) is 32.1 Å². The summed E-state index contributed by atoms with van der Waals surface area (Å²) in [4.78, 5) is 2.27.